The number of fused-ring (bicyclic) bond motifs is 1. The second kappa shape index (κ2) is 3.86. The van der Waals surface area contributed by atoms with Crippen LogP contribution in [-0.2, 0) is 9.53 Å². The average Bonchev–Trinajstić information content (AvgIpc) is 2.17. The van der Waals surface area contributed by atoms with E-state index in [2.05, 4.69) is 15.2 Å². The van der Waals surface area contributed by atoms with Crippen LogP contribution in [0.25, 0.3) is 0 Å². The lowest BCUT2D eigenvalue weighted by atomic mass is 10.2. The number of rotatable bonds is 1. The molecule has 1 atom stereocenters. The summed E-state index contributed by atoms with van der Waals surface area (Å²) in [6.45, 7) is 4.27. The first kappa shape index (κ1) is 9.30. The maximum absolute atomic E-state index is 10.8. The summed E-state index contributed by atoms with van der Waals surface area (Å²) >= 11 is 0. The second-order valence-electron chi connectivity index (χ2n) is 3.58. The summed E-state index contributed by atoms with van der Waals surface area (Å²) in [5, 5.41) is 3.12. The molecule has 1 unspecified atom stereocenters. The van der Waals surface area contributed by atoms with Gasteiger partial charge in [0.25, 0.3) is 0 Å². The molecule has 2 rings (SSSR count). The minimum Gasteiger partial charge on any atom is -0.442 e. The first-order valence-electron chi connectivity index (χ1n) is 4.99. The fourth-order valence-corrected chi connectivity index (χ4v) is 1.79. The van der Waals surface area contributed by atoms with Crippen molar-refractivity contribution in [2.24, 2.45) is 4.99 Å². The van der Waals surface area contributed by atoms with Gasteiger partial charge in [-0.25, -0.2) is 0 Å². The molecule has 1 N–H and O–H groups in total. The van der Waals surface area contributed by atoms with E-state index in [1.54, 1.807) is 0 Å². The van der Waals surface area contributed by atoms with Crippen molar-refractivity contribution in [2.45, 2.75) is 26.0 Å². The minimum atomic E-state index is -0.243. The zero-order valence-corrected chi connectivity index (χ0v) is 8.32. The van der Waals surface area contributed by atoms with Crippen molar-refractivity contribution in [1.29, 1.82) is 0 Å². The quantitative estimate of drug-likeness (QED) is 0.598. The Morgan fingerprint density at radius 3 is 3.29 bits per heavy atom. The van der Waals surface area contributed by atoms with Crippen LogP contribution in [0.4, 0.5) is 0 Å². The smallest absolute Gasteiger partial charge is 0.304 e. The number of carbonyl (C=O) groups is 1. The van der Waals surface area contributed by atoms with Crippen LogP contribution in [0.15, 0.2) is 4.99 Å². The predicted octanol–water partition coefficient (Wildman–Crippen LogP) is -0.0694. The zero-order valence-electron chi connectivity index (χ0n) is 8.32. The van der Waals surface area contributed by atoms with Crippen LogP contribution in [0.2, 0.25) is 0 Å². The van der Waals surface area contributed by atoms with E-state index in [4.69, 9.17) is 4.74 Å². The van der Waals surface area contributed by atoms with Gasteiger partial charge < -0.3 is 15.0 Å². The summed E-state index contributed by atoms with van der Waals surface area (Å²) in [5.74, 6) is 0.640. The van der Waals surface area contributed by atoms with Gasteiger partial charge in [-0.1, -0.05) is 0 Å². The number of guanidine groups is 1. The highest BCUT2D eigenvalue weighted by Crippen LogP contribution is 2.10. The Labute approximate surface area is 83.1 Å². The molecule has 2 aliphatic rings. The molecule has 78 valence electrons. The molecule has 0 amide bonds. The molecular formula is C9H15N3O2. The molecule has 5 nitrogen and oxygen atoms in total. The monoisotopic (exact) mass is 197 g/mol. The van der Waals surface area contributed by atoms with Gasteiger partial charge in [0.15, 0.2) is 12.2 Å². The maximum atomic E-state index is 10.8. The highest BCUT2D eigenvalue weighted by molar-refractivity contribution is 5.81. The summed E-state index contributed by atoms with van der Waals surface area (Å²) in [6.07, 6.45) is 1.75. The van der Waals surface area contributed by atoms with Crippen LogP contribution in [0.3, 0.4) is 0 Å². The molecule has 0 radical (unpaired) electrons. The molecule has 14 heavy (non-hydrogen) atoms. The highest BCUT2D eigenvalue weighted by Gasteiger charge is 2.26. The van der Waals surface area contributed by atoms with E-state index in [0.717, 1.165) is 38.4 Å². The molecule has 1 fully saturated rings. The van der Waals surface area contributed by atoms with Crippen molar-refractivity contribution in [3.63, 3.8) is 0 Å². The maximum Gasteiger partial charge on any atom is 0.304 e. The zero-order chi connectivity index (χ0) is 9.97. The molecular weight excluding hydrogens is 182 g/mol. The van der Waals surface area contributed by atoms with Crippen LogP contribution in [0, 0.1) is 0 Å². The van der Waals surface area contributed by atoms with E-state index in [0.29, 0.717) is 0 Å². The van der Waals surface area contributed by atoms with Gasteiger partial charge in [0.2, 0.25) is 0 Å². The lowest BCUT2D eigenvalue weighted by Gasteiger charge is -2.37. The number of esters is 1. The average molecular weight is 197 g/mol. The first-order chi connectivity index (χ1) is 6.75. The van der Waals surface area contributed by atoms with Gasteiger partial charge >= 0.3 is 5.97 Å². The summed E-state index contributed by atoms with van der Waals surface area (Å²) in [6, 6.07) is 0. The minimum absolute atomic E-state index is 0.194. The number of hydrogen-bond acceptors (Lipinski definition) is 5. The van der Waals surface area contributed by atoms with Gasteiger partial charge in [0.1, 0.15) is 0 Å². The molecule has 0 aliphatic carbocycles. The number of ether oxygens (including phenoxy) is 1. The van der Waals surface area contributed by atoms with E-state index in [1.807, 2.05) is 0 Å². The van der Waals surface area contributed by atoms with Crippen molar-refractivity contribution in [3.05, 3.63) is 0 Å². The van der Waals surface area contributed by atoms with E-state index in [-0.39, 0.29) is 12.2 Å². The normalized spacial score (nSPS) is 25.9. The van der Waals surface area contributed by atoms with E-state index in [1.165, 1.54) is 6.92 Å². The molecule has 0 bridgehead atoms. The van der Waals surface area contributed by atoms with Crippen LogP contribution < -0.4 is 5.32 Å². The lowest BCUT2D eigenvalue weighted by Crippen LogP contribution is -2.55. The fraction of sp³-hybridized carbons (Fsp3) is 0.778. The Hall–Kier alpha value is -1.26. The number of nitrogens with zero attached hydrogens (tertiary/aromatic N) is 2. The van der Waals surface area contributed by atoms with E-state index >= 15 is 0 Å². The van der Waals surface area contributed by atoms with E-state index in [9.17, 15) is 4.79 Å². The van der Waals surface area contributed by atoms with Crippen molar-refractivity contribution in [1.82, 2.24) is 10.2 Å². The number of carbonyl (C=O) groups excluding carboxylic acids is 1. The van der Waals surface area contributed by atoms with Gasteiger partial charge in [-0.15, -0.1) is 0 Å². The third kappa shape index (κ3) is 1.97. The molecule has 0 aromatic heterocycles. The Balaban J connectivity index is 1.95. The van der Waals surface area contributed by atoms with Gasteiger partial charge in [-0.2, -0.15) is 0 Å². The number of nitrogens with one attached hydrogen (secondary N) is 1. The van der Waals surface area contributed by atoms with Gasteiger partial charge in [0, 0.05) is 33.0 Å². The standard InChI is InChI=1S/C9H15N3O2/c1-7(13)14-8-3-6-12-5-2-4-10-9(12)11-8/h8H,2-6H2,1H3,(H,10,11). The largest absolute Gasteiger partial charge is 0.442 e. The van der Waals surface area contributed by atoms with Crippen molar-refractivity contribution >= 4 is 11.9 Å². The molecule has 2 aliphatic heterocycles. The summed E-state index contributed by atoms with van der Waals surface area (Å²) < 4.78 is 5.08. The van der Waals surface area contributed by atoms with Crippen LogP contribution in [0.5, 0.6) is 0 Å². The topological polar surface area (TPSA) is 53.9 Å². The molecule has 2 heterocycles. The second-order valence-corrected chi connectivity index (χ2v) is 3.58. The molecule has 0 saturated carbocycles. The van der Waals surface area contributed by atoms with E-state index < -0.39 is 0 Å². The Kier molecular flexibility index (Phi) is 2.56. The number of hydrogen-bond donors (Lipinski definition) is 1. The third-order valence-electron chi connectivity index (χ3n) is 2.41. The molecule has 0 spiro atoms. The van der Waals surface area contributed by atoms with Crippen LogP contribution in [0.1, 0.15) is 19.8 Å². The fourth-order valence-electron chi connectivity index (χ4n) is 1.79. The lowest BCUT2D eigenvalue weighted by molar-refractivity contribution is -0.148. The van der Waals surface area contributed by atoms with Crippen molar-refractivity contribution in [3.8, 4) is 0 Å². The highest BCUT2D eigenvalue weighted by atomic mass is 16.6. The summed E-state index contributed by atoms with van der Waals surface area (Å²) in [7, 11) is 0. The molecule has 1 saturated heterocycles. The predicted molar refractivity (Wildman–Crippen MR) is 51.8 cm³/mol. The van der Waals surface area contributed by atoms with Gasteiger partial charge in [0.05, 0.1) is 0 Å². The molecule has 0 aromatic carbocycles. The van der Waals surface area contributed by atoms with Crippen molar-refractivity contribution in [2.75, 3.05) is 19.6 Å². The van der Waals surface area contributed by atoms with Gasteiger partial charge in [-0.3, -0.25) is 9.79 Å². The van der Waals surface area contributed by atoms with Crippen LogP contribution >= 0.6 is 0 Å². The van der Waals surface area contributed by atoms with Crippen molar-refractivity contribution < 1.29 is 9.53 Å². The molecule has 5 heteroatoms. The van der Waals surface area contributed by atoms with Crippen LogP contribution in [-0.4, -0.2) is 42.7 Å². The SMILES string of the molecule is CC(=O)OC1CCN2CCCN=C2N1. The Morgan fingerprint density at radius 1 is 1.64 bits per heavy atom. The first-order valence-corrected chi connectivity index (χ1v) is 4.99. The Morgan fingerprint density at radius 2 is 2.50 bits per heavy atom. The summed E-state index contributed by atoms with van der Waals surface area (Å²) in [5.41, 5.74) is 0. The Bertz CT molecular complexity index is 265. The molecule has 0 aromatic rings. The summed E-state index contributed by atoms with van der Waals surface area (Å²) in [4.78, 5) is 17.3. The van der Waals surface area contributed by atoms with Gasteiger partial charge in [-0.05, 0) is 6.42 Å². The number of aliphatic imine (C=N–C) groups is 1. The third-order valence-corrected chi connectivity index (χ3v) is 2.41.